The lowest BCUT2D eigenvalue weighted by atomic mass is 10.1. The number of hydrogen-bond donors (Lipinski definition) is 1. The molecule has 1 aromatic carbocycles. The molecule has 120 valence electrons. The number of benzene rings is 1. The Labute approximate surface area is 128 Å². The van der Waals surface area contributed by atoms with Gasteiger partial charge in [-0.3, -0.25) is 4.79 Å². The number of halogens is 1. The maximum absolute atomic E-state index is 13.9. The van der Waals surface area contributed by atoms with Crippen LogP contribution in [0.2, 0.25) is 0 Å². The van der Waals surface area contributed by atoms with Gasteiger partial charge in [-0.15, -0.1) is 0 Å². The molecule has 1 saturated heterocycles. The van der Waals surface area contributed by atoms with Crippen molar-refractivity contribution in [2.24, 2.45) is 0 Å². The Morgan fingerprint density at radius 1 is 1.32 bits per heavy atom. The molecule has 5 nitrogen and oxygen atoms in total. The monoisotopic (exact) mass is 309 g/mol. The molecule has 1 aromatic rings. The molecular weight excluding hydrogens is 289 g/mol. The predicted molar refractivity (Wildman–Crippen MR) is 78.8 cm³/mol. The van der Waals surface area contributed by atoms with Gasteiger partial charge in [-0.05, 0) is 31.9 Å². The summed E-state index contributed by atoms with van der Waals surface area (Å²) in [4.78, 5) is 24.1. The van der Waals surface area contributed by atoms with Gasteiger partial charge in [0.15, 0.2) is 6.61 Å². The summed E-state index contributed by atoms with van der Waals surface area (Å²) in [5.74, 6) is -1.28. The standard InChI is InChI=1S/C16H20FNO4/c1-10-6-11(2)14(12(3)7-10)22-8-13(19)18-5-4-16(17,9-18)15(20)21/h6-7H,4-5,8-9H2,1-3H3,(H,20,21). The number of carboxylic acid groups (broad SMARTS) is 1. The first-order valence-electron chi connectivity index (χ1n) is 7.14. The van der Waals surface area contributed by atoms with Gasteiger partial charge in [0.1, 0.15) is 5.75 Å². The highest BCUT2D eigenvalue weighted by atomic mass is 19.1. The van der Waals surface area contributed by atoms with Crippen LogP contribution < -0.4 is 4.74 Å². The molecule has 0 aromatic heterocycles. The number of ether oxygens (including phenoxy) is 1. The molecule has 1 amide bonds. The topological polar surface area (TPSA) is 66.8 Å². The van der Waals surface area contributed by atoms with E-state index in [4.69, 9.17) is 9.84 Å². The fourth-order valence-corrected chi connectivity index (χ4v) is 2.78. The second-order valence-corrected chi connectivity index (χ2v) is 5.85. The van der Waals surface area contributed by atoms with Crippen LogP contribution in [0.1, 0.15) is 23.1 Å². The summed E-state index contributed by atoms with van der Waals surface area (Å²) in [6, 6.07) is 3.92. The Hall–Kier alpha value is -2.11. The molecule has 0 radical (unpaired) electrons. The van der Waals surface area contributed by atoms with Crippen molar-refractivity contribution in [3.63, 3.8) is 0 Å². The number of rotatable bonds is 4. The van der Waals surface area contributed by atoms with Crippen LogP contribution in [0.15, 0.2) is 12.1 Å². The number of aliphatic carboxylic acids is 1. The third-order valence-corrected chi connectivity index (χ3v) is 3.90. The van der Waals surface area contributed by atoms with E-state index in [1.54, 1.807) is 0 Å². The second kappa shape index (κ2) is 5.94. The number of carbonyl (C=O) groups excluding carboxylic acids is 1. The normalized spacial score (nSPS) is 21.0. The quantitative estimate of drug-likeness (QED) is 0.924. The van der Waals surface area contributed by atoms with E-state index in [9.17, 15) is 14.0 Å². The SMILES string of the molecule is Cc1cc(C)c(OCC(=O)N2CCC(F)(C(=O)O)C2)c(C)c1. The number of aryl methyl sites for hydroxylation is 3. The molecule has 2 rings (SSSR count). The first kappa shape index (κ1) is 16.3. The Morgan fingerprint density at radius 3 is 2.41 bits per heavy atom. The zero-order valence-electron chi connectivity index (χ0n) is 13.0. The maximum Gasteiger partial charge on any atom is 0.343 e. The molecule has 1 atom stereocenters. The van der Waals surface area contributed by atoms with Gasteiger partial charge in [0, 0.05) is 13.0 Å². The van der Waals surface area contributed by atoms with Crippen LogP contribution in [0.3, 0.4) is 0 Å². The number of likely N-dealkylation sites (tertiary alicyclic amines) is 1. The van der Waals surface area contributed by atoms with E-state index in [1.165, 1.54) is 4.90 Å². The summed E-state index contributed by atoms with van der Waals surface area (Å²) in [7, 11) is 0. The Kier molecular flexibility index (Phi) is 4.39. The van der Waals surface area contributed by atoms with Crippen molar-refractivity contribution in [3.8, 4) is 5.75 Å². The lowest BCUT2D eigenvalue weighted by Crippen LogP contribution is -2.40. The van der Waals surface area contributed by atoms with Gasteiger partial charge in [0.2, 0.25) is 5.67 Å². The van der Waals surface area contributed by atoms with Crippen molar-refractivity contribution in [2.75, 3.05) is 19.7 Å². The van der Waals surface area contributed by atoms with E-state index in [2.05, 4.69) is 0 Å². The summed E-state index contributed by atoms with van der Waals surface area (Å²) >= 11 is 0. The van der Waals surface area contributed by atoms with E-state index in [-0.39, 0.29) is 19.6 Å². The average Bonchev–Trinajstić information content (AvgIpc) is 2.81. The Bertz CT molecular complexity index is 593. The van der Waals surface area contributed by atoms with Crippen molar-refractivity contribution in [1.29, 1.82) is 0 Å². The molecule has 1 unspecified atom stereocenters. The predicted octanol–water partition coefficient (Wildman–Crippen LogP) is 2.02. The number of nitrogens with zero attached hydrogens (tertiary/aromatic N) is 1. The van der Waals surface area contributed by atoms with Crippen LogP contribution >= 0.6 is 0 Å². The minimum atomic E-state index is -2.34. The number of amides is 1. The van der Waals surface area contributed by atoms with Crippen molar-refractivity contribution >= 4 is 11.9 Å². The zero-order chi connectivity index (χ0) is 16.5. The summed E-state index contributed by atoms with van der Waals surface area (Å²) in [5.41, 5.74) is 0.622. The lowest BCUT2D eigenvalue weighted by Gasteiger charge is -2.19. The maximum atomic E-state index is 13.9. The van der Waals surface area contributed by atoms with Crippen LogP contribution in [0.4, 0.5) is 4.39 Å². The molecule has 6 heteroatoms. The van der Waals surface area contributed by atoms with E-state index in [0.29, 0.717) is 5.75 Å². The molecule has 0 saturated carbocycles. The number of alkyl halides is 1. The number of carbonyl (C=O) groups is 2. The Morgan fingerprint density at radius 2 is 1.91 bits per heavy atom. The fraction of sp³-hybridized carbons (Fsp3) is 0.500. The van der Waals surface area contributed by atoms with Gasteiger partial charge in [0.05, 0.1) is 6.54 Å². The van der Waals surface area contributed by atoms with Crippen LogP contribution in [-0.2, 0) is 9.59 Å². The second-order valence-electron chi connectivity index (χ2n) is 5.85. The van der Waals surface area contributed by atoms with Gasteiger partial charge < -0.3 is 14.7 Å². The van der Waals surface area contributed by atoms with E-state index < -0.39 is 24.1 Å². The molecule has 0 spiro atoms. The van der Waals surface area contributed by atoms with E-state index in [0.717, 1.165) is 16.7 Å². The smallest absolute Gasteiger partial charge is 0.343 e. The minimum absolute atomic E-state index is 0.0941. The van der Waals surface area contributed by atoms with E-state index in [1.807, 2.05) is 32.9 Å². The first-order chi connectivity index (χ1) is 10.2. The van der Waals surface area contributed by atoms with Crippen LogP contribution in [-0.4, -0.2) is 47.2 Å². The number of carboxylic acids is 1. The molecule has 1 aliphatic rings. The van der Waals surface area contributed by atoms with E-state index >= 15 is 0 Å². The largest absolute Gasteiger partial charge is 0.483 e. The summed E-state index contributed by atoms with van der Waals surface area (Å²) in [6.45, 7) is 5.22. The molecule has 1 fully saturated rings. The van der Waals surface area contributed by atoms with Crippen molar-refractivity contribution < 1.29 is 23.8 Å². The summed E-state index contributed by atoms with van der Waals surface area (Å²) in [6.07, 6.45) is -0.184. The highest BCUT2D eigenvalue weighted by molar-refractivity contribution is 5.83. The molecule has 0 aliphatic carbocycles. The first-order valence-corrected chi connectivity index (χ1v) is 7.14. The molecule has 1 aliphatic heterocycles. The fourth-order valence-electron chi connectivity index (χ4n) is 2.78. The van der Waals surface area contributed by atoms with Crippen molar-refractivity contribution in [2.45, 2.75) is 32.9 Å². The molecular formula is C16H20FNO4. The highest BCUT2D eigenvalue weighted by Gasteiger charge is 2.46. The zero-order valence-corrected chi connectivity index (χ0v) is 13.0. The minimum Gasteiger partial charge on any atom is -0.483 e. The molecule has 0 bridgehead atoms. The number of hydrogen-bond acceptors (Lipinski definition) is 3. The van der Waals surface area contributed by atoms with Crippen molar-refractivity contribution in [3.05, 3.63) is 28.8 Å². The van der Waals surface area contributed by atoms with Gasteiger partial charge in [-0.1, -0.05) is 17.7 Å². The van der Waals surface area contributed by atoms with Gasteiger partial charge >= 0.3 is 5.97 Å². The molecule has 22 heavy (non-hydrogen) atoms. The molecule has 1 N–H and O–H groups in total. The molecule has 1 heterocycles. The van der Waals surface area contributed by atoms with Gasteiger partial charge in [-0.2, -0.15) is 0 Å². The summed E-state index contributed by atoms with van der Waals surface area (Å²) < 4.78 is 19.5. The highest BCUT2D eigenvalue weighted by Crippen LogP contribution is 2.27. The average molecular weight is 309 g/mol. The van der Waals surface area contributed by atoms with Crippen LogP contribution in [0.25, 0.3) is 0 Å². The van der Waals surface area contributed by atoms with Crippen LogP contribution in [0.5, 0.6) is 5.75 Å². The third kappa shape index (κ3) is 3.21. The van der Waals surface area contributed by atoms with Crippen molar-refractivity contribution in [1.82, 2.24) is 4.90 Å². The lowest BCUT2D eigenvalue weighted by molar-refractivity contribution is -0.150. The summed E-state index contributed by atoms with van der Waals surface area (Å²) in [5, 5.41) is 8.83. The van der Waals surface area contributed by atoms with Gasteiger partial charge in [0.25, 0.3) is 5.91 Å². The third-order valence-electron chi connectivity index (χ3n) is 3.90. The Balaban J connectivity index is 1.99. The van der Waals surface area contributed by atoms with Crippen LogP contribution in [0, 0.1) is 20.8 Å². The van der Waals surface area contributed by atoms with Gasteiger partial charge in [-0.25, -0.2) is 9.18 Å².